The van der Waals surface area contributed by atoms with Crippen molar-refractivity contribution in [3.63, 3.8) is 0 Å². The van der Waals surface area contributed by atoms with Gasteiger partial charge < -0.3 is 15.4 Å². The van der Waals surface area contributed by atoms with Crippen LogP contribution in [0.3, 0.4) is 0 Å². The Morgan fingerprint density at radius 2 is 1.65 bits per heavy atom. The highest BCUT2D eigenvalue weighted by atomic mass is 16.5. The van der Waals surface area contributed by atoms with Gasteiger partial charge in [-0.2, -0.15) is 0 Å². The van der Waals surface area contributed by atoms with Crippen molar-refractivity contribution in [3.05, 3.63) is 35.4 Å². The number of imide groups is 1. The quantitative estimate of drug-likeness (QED) is 0.755. The first-order chi connectivity index (χ1) is 12.6. The SMILES string of the molecule is CC(NC1NC(=O)N(C2CCOCC2)C(=O)N1)c1ccc(C2CC2)cc1. The van der Waals surface area contributed by atoms with Crippen LogP contribution in [-0.2, 0) is 4.74 Å². The number of rotatable bonds is 5. The zero-order valence-electron chi connectivity index (χ0n) is 15.0. The number of benzene rings is 1. The highest BCUT2D eigenvalue weighted by Crippen LogP contribution is 2.40. The molecule has 3 fully saturated rings. The van der Waals surface area contributed by atoms with E-state index in [-0.39, 0.29) is 24.1 Å². The van der Waals surface area contributed by atoms with Gasteiger partial charge >= 0.3 is 12.1 Å². The molecule has 1 aromatic rings. The third-order valence-corrected chi connectivity index (χ3v) is 5.43. The van der Waals surface area contributed by atoms with Crippen LogP contribution < -0.4 is 16.0 Å². The molecule has 26 heavy (non-hydrogen) atoms. The molecule has 1 aromatic carbocycles. The summed E-state index contributed by atoms with van der Waals surface area (Å²) in [5.74, 6) is 0.736. The molecular formula is C19H26N4O3. The van der Waals surface area contributed by atoms with Crippen LogP contribution in [0, 0.1) is 0 Å². The summed E-state index contributed by atoms with van der Waals surface area (Å²) in [6.07, 6.45) is 3.36. The second-order valence-electron chi connectivity index (χ2n) is 7.37. The van der Waals surface area contributed by atoms with Crippen molar-refractivity contribution in [1.29, 1.82) is 0 Å². The number of urea groups is 2. The zero-order chi connectivity index (χ0) is 18.1. The van der Waals surface area contributed by atoms with Gasteiger partial charge in [-0.05, 0) is 49.7 Å². The fourth-order valence-corrected chi connectivity index (χ4v) is 3.69. The number of carbonyl (C=O) groups excluding carboxylic acids is 2. The standard InChI is InChI=1S/C19H26N4O3/c1-12(13-2-4-14(5-3-13)15-6-7-15)20-17-21-18(24)23(19(25)22-17)16-8-10-26-11-9-16/h2-5,12,15-17,20H,6-11H2,1H3,(H,21,24)(H,22,25). The Labute approximate surface area is 153 Å². The number of ether oxygens (including phenoxy) is 1. The van der Waals surface area contributed by atoms with Crippen LogP contribution in [0.1, 0.15) is 55.7 Å². The lowest BCUT2D eigenvalue weighted by molar-refractivity contribution is 0.0492. The van der Waals surface area contributed by atoms with Crippen LogP contribution >= 0.6 is 0 Å². The van der Waals surface area contributed by atoms with Gasteiger partial charge in [-0.25, -0.2) is 14.5 Å². The molecule has 2 heterocycles. The normalized spacial score (nSPS) is 23.5. The Bertz CT molecular complexity index is 650. The fraction of sp³-hybridized carbons (Fsp3) is 0.579. The molecule has 2 aliphatic heterocycles. The van der Waals surface area contributed by atoms with E-state index in [0.717, 1.165) is 11.5 Å². The molecular weight excluding hydrogens is 332 g/mol. The first kappa shape index (κ1) is 17.3. The van der Waals surface area contributed by atoms with Crippen molar-refractivity contribution >= 4 is 12.1 Å². The zero-order valence-corrected chi connectivity index (χ0v) is 15.0. The lowest BCUT2D eigenvalue weighted by Crippen LogP contribution is -2.70. The molecule has 3 N–H and O–H groups in total. The lowest BCUT2D eigenvalue weighted by atomic mass is 10.0. The van der Waals surface area contributed by atoms with Crippen molar-refractivity contribution in [3.8, 4) is 0 Å². The molecule has 1 atom stereocenters. The second kappa shape index (κ2) is 7.25. The summed E-state index contributed by atoms with van der Waals surface area (Å²) in [6.45, 7) is 3.18. The van der Waals surface area contributed by atoms with Crippen molar-refractivity contribution in [2.75, 3.05) is 13.2 Å². The minimum atomic E-state index is -0.579. The molecule has 1 saturated carbocycles. The maximum absolute atomic E-state index is 12.4. The highest BCUT2D eigenvalue weighted by molar-refractivity contribution is 5.96. The van der Waals surface area contributed by atoms with Crippen LogP contribution in [0.2, 0.25) is 0 Å². The molecule has 3 aliphatic rings. The number of amides is 4. The highest BCUT2D eigenvalue weighted by Gasteiger charge is 2.37. The molecule has 0 bridgehead atoms. The third-order valence-electron chi connectivity index (χ3n) is 5.43. The average molecular weight is 358 g/mol. The summed E-state index contributed by atoms with van der Waals surface area (Å²) in [4.78, 5) is 26.2. The summed E-state index contributed by atoms with van der Waals surface area (Å²) in [7, 11) is 0. The maximum Gasteiger partial charge on any atom is 0.328 e. The minimum Gasteiger partial charge on any atom is -0.381 e. The molecule has 2 saturated heterocycles. The molecule has 4 rings (SSSR count). The average Bonchev–Trinajstić information content (AvgIpc) is 3.47. The van der Waals surface area contributed by atoms with E-state index in [0.29, 0.717) is 26.1 Å². The van der Waals surface area contributed by atoms with E-state index >= 15 is 0 Å². The Morgan fingerprint density at radius 1 is 1.04 bits per heavy atom. The van der Waals surface area contributed by atoms with Crippen molar-refractivity contribution in [2.45, 2.75) is 56.9 Å². The van der Waals surface area contributed by atoms with E-state index in [1.165, 1.54) is 23.3 Å². The molecule has 0 spiro atoms. The van der Waals surface area contributed by atoms with Crippen LogP contribution in [0.15, 0.2) is 24.3 Å². The fourth-order valence-electron chi connectivity index (χ4n) is 3.69. The molecule has 1 unspecified atom stereocenters. The largest absolute Gasteiger partial charge is 0.381 e. The second-order valence-corrected chi connectivity index (χ2v) is 7.37. The molecule has 1 aliphatic carbocycles. The van der Waals surface area contributed by atoms with Crippen LogP contribution in [0.4, 0.5) is 9.59 Å². The first-order valence-corrected chi connectivity index (χ1v) is 9.45. The number of nitrogens with one attached hydrogen (secondary N) is 3. The van der Waals surface area contributed by atoms with Crippen molar-refractivity contribution in [1.82, 2.24) is 20.9 Å². The number of carbonyl (C=O) groups is 2. The van der Waals surface area contributed by atoms with E-state index in [9.17, 15) is 9.59 Å². The number of nitrogens with zero attached hydrogens (tertiary/aromatic N) is 1. The van der Waals surface area contributed by atoms with Crippen LogP contribution in [0.5, 0.6) is 0 Å². The van der Waals surface area contributed by atoms with Crippen LogP contribution in [0.25, 0.3) is 0 Å². The van der Waals surface area contributed by atoms with Gasteiger partial charge in [0, 0.05) is 25.3 Å². The van der Waals surface area contributed by atoms with Gasteiger partial charge in [0.25, 0.3) is 0 Å². The van der Waals surface area contributed by atoms with E-state index in [1.807, 2.05) is 6.92 Å². The number of hydrogen-bond donors (Lipinski definition) is 3. The molecule has 0 radical (unpaired) electrons. The molecule has 7 nitrogen and oxygen atoms in total. The van der Waals surface area contributed by atoms with Gasteiger partial charge in [-0.1, -0.05) is 24.3 Å². The summed E-state index contributed by atoms with van der Waals surface area (Å²) in [6, 6.07) is 7.79. The Balaban J connectivity index is 1.35. The van der Waals surface area contributed by atoms with Crippen molar-refractivity contribution < 1.29 is 14.3 Å². The van der Waals surface area contributed by atoms with E-state index in [1.54, 1.807) is 0 Å². The Kier molecular flexibility index (Phi) is 4.82. The van der Waals surface area contributed by atoms with Crippen LogP contribution in [-0.4, -0.2) is 42.5 Å². The summed E-state index contributed by atoms with van der Waals surface area (Å²) >= 11 is 0. The molecule has 0 aromatic heterocycles. The predicted molar refractivity (Wildman–Crippen MR) is 96.5 cm³/mol. The van der Waals surface area contributed by atoms with Gasteiger partial charge in [-0.15, -0.1) is 0 Å². The smallest absolute Gasteiger partial charge is 0.328 e. The predicted octanol–water partition coefficient (Wildman–Crippen LogP) is 2.41. The Morgan fingerprint density at radius 3 is 2.23 bits per heavy atom. The number of hydrogen-bond acceptors (Lipinski definition) is 4. The molecule has 140 valence electrons. The maximum atomic E-state index is 12.4. The minimum absolute atomic E-state index is 0.00323. The van der Waals surface area contributed by atoms with Gasteiger partial charge in [-0.3, -0.25) is 5.32 Å². The van der Waals surface area contributed by atoms with Crippen molar-refractivity contribution in [2.24, 2.45) is 0 Å². The lowest BCUT2D eigenvalue weighted by Gasteiger charge is -2.39. The summed E-state index contributed by atoms with van der Waals surface area (Å²) < 4.78 is 5.31. The topological polar surface area (TPSA) is 82.7 Å². The third kappa shape index (κ3) is 3.68. The Hall–Kier alpha value is -2.12. The van der Waals surface area contributed by atoms with Gasteiger partial charge in [0.1, 0.15) is 0 Å². The monoisotopic (exact) mass is 358 g/mol. The van der Waals surface area contributed by atoms with E-state index in [2.05, 4.69) is 40.2 Å². The molecule has 7 heteroatoms. The summed E-state index contributed by atoms with van der Waals surface area (Å²) in [5, 5.41) is 8.94. The molecule has 4 amide bonds. The first-order valence-electron chi connectivity index (χ1n) is 9.45. The summed E-state index contributed by atoms with van der Waals surface area (Å²) in [5.41, 5.74) is 2.53. The van der Waals surface area contributed by atoms with E-state index < -0.39 is 6.29 Å². The van der Waals surface area contributed by atoms with Gasteiger partial charge in [0.15, 0.2) is 6.29 Å². The van der Waals surface area contributed by atoms with Gasteiger partial charge in [0.05, 0.1) is 0 Å². The van der Waals surface area contributed by atoms with Gasteiger partial charge in [0.2, 0.25) is 0 Å². The van der Waals surface area contributed by atoms with E-state index in [4.69, 9.17) is 4.74 Å².